The predicted octanol–water partition coefficient (Wildman–Crippen LogP) is 0.991. The summed E-state index contributed by atoms with van der Waals surface area (Å²) in [6.45, 7) is 1.32. The second-order valence-corrected chi connectivity index (χ2v) is 4.88. The Balaban J connectivity index is 2.19. The van der Waals surface area contributed by atoms with E-state index >= 15 is 0 Å². The van der Waals surface area contributed by atoms with Crippen LogP contribution in [0.3, 0.4) is 0 Å². The van der Waals surface area contributed by atoms with Gasteiger partial charge in [-0.25, -0.2) is 4.79 Å². The summed E-state index contributed by atoms with van der Waals surface area (Å²) in [5, 5.41) is 16.0. The van der Waals surface area contributed by atoms with Gasteiger partial charge in [-0.05, 0) is 18.2 Å². The van der Waals surface area contributed by atoms with Crippen molar-refractivity contribution in [1.82, 2.24) is 10.6 Å². The first-order valence-electron chi connectivity index (χ1n) is 5.99. The lowest BCUT2D eigenvalue weighted by Crippen LogP contribution is -2.38. The lowest BCUT2D eigenvalue weighted by molar-refractivity contribution is 0.107. The highest BCUT2D eigenvalue weighted by Gasteiger charge is 2.07. The van der Waals surface area contributed by atoms with Crippen molar-refractivity contribution in [2.75, 3.05) is 26.2 Å². The maximum atomic E-state index is 10.4. The third-order valence-electron chi connectivity index (χ3n) is 2.31. The second-order valence-electron chi connectivity index (χ2n) is 4.03. The number of amides is 2. The Morgan fingerprint density at radius 1 is 1.40 bits per heavy atom. The zero-order chi connectivity index (χ0) is 15.0. The van der Waals surface area contributed by atoms with Crippen molar-refractivity contribution in [2.45, 2.75) is 6.10 Å². The van der Waals surface area contributed by atoms with Crippen LogP contribution in [-0.4, -0.2) is 43.5 Å². The van der Waals surface area contributed by atoms with E-state index in [1.807, 2.05) is 0 Å². The molecular weight excluding hydrogens is 305 g/mol. The molecule has 0 saturated heterocycles. The molecule has 0 aliphatic rings. The van der Waals surface area contributed by atoms with Crippen LogP contribution in [0.15, 0.2) is 18.2 Å². The van der Waals surface area contributed by atoms with Crippen LogP contribution in [0.4, 0.5) is 4.79 Å². The number of rotatable bonds is 8. The van der Waals surface area contributed by atoms with Crippen molar-refractivity contribution >= 4 is 29.2 Å². The molecule has 0 aromatic heterocycles. The third-order valence-corrected chi connectivity index (χ3v) is 2.84. The van der Waals surface area contributed by atoms with Gasteiger partial charge in [0, 0.05) is 24.7 Å². The SMILES string of the molecule is NC(=O)NCCNCC(O)COc1ccc(Cl)cc1Cl. The molecule has 5 N–H and O–H groups in total. The molecule has 1 unspecified atom stereocenters. The molecule has 1 rings (SSSR count). The predicted molar refractivity (Wildman–Crippen MR) is 78.4 cm³/mol. The number of carbonyl (C=O) groups is 1. The Kier molecular flexibility index (Phi) is 7.46. The van der Waals surface area contributed by atoms with Crippen LogP contribution in [0, 0.1) is 0 Å². The first-order valence-corrected chi connectivity index (χ1v) is 6.74. The lowest BCUT2D eigenvalue weighted by Gasteiger charge is -2.14. The van der Waals surface area contributed by atoms with Crippen LogP contribution in [-0.2, 0) is 0 Å². The molecular formula is C12H17Cl2N3O3. The van der Waals surface area contributed by atoms with E-state index in [1.165, 1.54) is 0 Å². The number of primary amides is 1. The quantitative estimate of drug-likeness (QED) is 0.537. The van der Waals surface area contributed by atoms with Crippen LogP contribution in [0.1, 0.15) is 0 Å². The summed E-state index contributed by atoms with van der Waals surface area (Å²) in [5.74, 6) is 0.463. The van der Waals surface area contributed by atoms with E-state index in [-0.39, 0.29) is 6.61 Å². The summed E-state index contributed by atoms with van der Waals surface area (Å²) in [4.78, 5) is 10.4. The number of hydrogen-bond acceptors (Lipinski definition) is 4. The van der Waals surface area contributed by atoms with Crippen molar-refractivity contribution in [1.29, 1.82) is 0 Å². The van der Waals surface area contributed by atoms with E-state index in [4.69, 9.17) is 33.7 Å². The highest BCUT2D eigenvalue weighted by atomic mass is 35.5. The molecule has 1 atom stereocenters. The number of carbonyl (C=O) groups excluding carboxylic acids is 1. The number of benzene rings is 1. The largest absolute Gasteiger partial charge is 0.489 e. The molecule has 8 heteroatoms. The van der Waals surface area contributed by atoms with Gasteiger partial charge in [-0.3, -0.25) is 0 Å². The Morgan fingerprint density at radius 3 is 2.80 bits per heavy atom. The van der Waals surface area contributed by atoms with Gasteiger partial charge in [-0.1, -0.05) is 23.2 Å². The van der Waals surface area contributed by atoms with Crippen molar-refractivity contribution in [2.24, 2.45) is 5.73 Å². The fourth-order valence-corrected chi connectivity index (χ4v) is 1.84. The summed E-state index contributed by atoms with van der Waals surface area (Å²) in [6.07, 6.45) is -0.699. The van der Waals surface area contributed by atoms with Gasteiger partial charge < -0.3 is 26.2 Å². The molecule has 0 radical (unpaired) electrons. The topological polar surface area (TPSA) is 96.6 Å². The van der Waals surface area contributed by atoms with Crippen LogP contribution >= 0.6 is 23.2 Å². The number of nitrogens with one attached hydrogen (secondary N) is 2. The molecule has 0 aliphatic heterocycles. The van der Waals surface area contributed by atoms with Gasteiger partial charge in [0.05, 0.1) is 5.02 Å². The number of urea groups is 1. The Hall–Kier alpha value is -1.21. The summed E-state index contributed by atoms with van der Waals surface area (Å²) < 4.78 is 5.38. The van der Waals surface area contributed by atoms with Crippen LogP contribution in [0.5, 0.6) is 5.75 Å². The van der Waals surface area contributed by atoms with Gasteiger partial charge in [0.15, 0.2) is 0 Å². The van der Waals surface area contributed by atoms with Gasteiger partial charge in [-0.2, -0.15) is 0 Å². The number of aliphatic hydroxyl groups excluding tert-OH is 1. The zero-order valence-electron chi connectivity index (χ0n) is 10.7. The highest BCUT2D eigenvalue weighted by Crippen LogP contribution is 2.27. The molecule has 0 fully saturated rings. The highest BCUT2D eigenvalue weighted by molar-refractivity contribution is 6.35. The van der Waals surface area contributed by atoms with E-state index in [0.717, 1.165) is 0 Å². The molecule has 2 amide bonds. The average Bonchev–Trinajstić information content (AvgIpc) is 2.37. The van der Waals surface area contributed by atoms with E-state index in [2.05, 4.69) is 10.6 Å². The van der Waals surface area contributed by atoms with Crippen molar-refractivity contribution in [3.8, 4) is 5.75 Å². The number of hydrogen-bond donors (Lipinski definition) is 4. The Labute approximate surface area is 127 Å². The molecule has 0 bridgehead atoms. The molecule has 0 saturated carbocycles. The minimum atomic E-state index is -0.699. The monoisotopic (exact) mass is 321 g/mol. The lowest BCUT2D eigenvalue weighted by atomic mass is 10.3. The molecule has 1 aromatic carbocycles. The summed E-state index contributed by atoms with van der Waals surface area (Å²) in [7, 11) is 0. The van der Waals surface area contributed by atoms with Crippen LogP contribution in [0.25, 0.3) is 0 Å². The zero-order valence-corrected chi connectivity index (χ0v) is 12.2. The molecule has 0 aliphatic carbocycles. The summed E-state index contributed by atoms with van der Waals surface area (Å²) in [6, 6.07) is 4.29. The van der Waals surface area contributed by atoms with Gasteiger partial charge in [-0.15, -0.1) is 0 Å². The number of halogens is 2. The third kappa shape index (κ3) is 6.81. The molecule has 0 spiro atoms. The second kappa shape index (κ2) is 8.86. The minimum Gasteiger partial charge on any atom is -0.489 e. The van der Waals surface area contributed by atoms with Crippen LogP contribution < -0.4 is 21.1 Å². The van der Waals surface area contributed by atoms with Crippen molar-refractivity contribution in [3.63, 3.8) is 0 Å². The number of ether oxygens (including phenoxy) is 1. The van der Waals surface area contributed by atoms with Crippen LogP contribution in [0.2, 0.25) is 10.0 Å². The normalized spacial score (nSPS) is 11.9. The average molecular weight is 322 g/mol. The fourth-order valence-electron chi connectivity index (χ4n) is 1.38. The van der Waals surface area contributed by atoms with E-state index in [9.17, 15) is 9.90 Å². The molecule has 0 heterocycles. The molecule has 20 heavy (non-hydrogen) atoms. The van der Waals surface area contributed by atoms with Gasteiger partial charge in [0.25, 0.3) is 0 Å². The van der Waals surface area contributed by atoms with E-state index in [0.29, 0.717) is 35.4 Å². The first kappa shape index (κ1) is 16.8. The van der Waals surface area contributed by atoms with E-state index < -0.39 is 12.1 Å². The van der Waals surface area contributed by atoms with Crippen molar-refractivity contribution < 1.29 is 14.6 Å². The maximum absolute atomic E-state index is 10.4. The molecule has 1 aromatic rings. The summed E-state index contributed by atoms with van der Waals surface area (Å²) in [5.41, 5.74) is 4.90. The Morgan fingerprint density at radius 2 is 2.15 bits per heavy atom. The fraction of sp³-hybridized carbons (Fsp3) is 0.417. The summed E-state index contributed by atoms with van der Waals surface area (Å²) >= 11 is 11.7. The Bertz CT molecular complexity index is 446. The number of aliphatic hydroxyl groups is 1. The smallest absolute Gasteiger partial charge is 0.312 e. The van der Waals surface area contributed by atoms with E-state index in [1.54, 1.807) is 18.2 Å². The van der Waals surface area contributed by atoms with Gasteiger partial charge in [0.1, 0.15) is 18.5 Å². The number of nitrogens with two attached hydrogens (primary N) is 1. The van der Waals surface area contributed by atoms with Gasteiger partial charge in [0.2, 0.25) is 0 Å². The molecule has 6 nitrogen and oxygen atoms in total. The molecule has 112 valence electrons. The van der Waals surface area contributed by atoms with Gasteiger partial charge >= 0.3 is 6.03 Å². The maximum Gasteiger partial charge on any atom is 0.312 e. The standard InChI is InChI=1S/C12H17Cl2N3O3/c13-8-1-2-11(10(14)5-8)20-7-9(18)6-16-3-4-17-12(15)19/h1-2,5,9,16,18H,3-4,6-7H2,(H3,15,17,19). The minimum absolute atomic E-state index is 0.0948. The van der Waals surface area contributed by atoms with Crippen molar-refractivity contribution in [3.05, 3.63) is 28.2 Å². The first-order chi connectivity index (χ1) is 9.49.